The van der Waals surface area contributed by atoms with E-state index in [1.54, 1.807) is 36.4 Å². The van der Waals surface area contributed by atoms with E-state index in [4.69, 9.17) is 11.6 Å². The minimum Gasteiger partial charge on any atom is -0.262 e. The Morgan fingerprint density at radius 3 is 2.31 bits per heavy atom. The van der Waals surface area contributed by atoms with E-state index in [2.05, 4.69) is 0 Å². The van der Waals surface area contributed by atoms with Crippen molar-refractivity contribution in [2.45, 2.75) is 18.4 Å². The highest BCUT2D eigenvalue weighted by Crippen LogP contribution is 2.28. The summed E-state index contributed by atoms with van der Waals surface area (Å²) in [7, 11) is -3.89. The molecule has 134 valence electrons. The van der Waals surface area contributed by atoms with Gasteiger partial charge in [0.2, 0.25) is 0 Å². The summed E-state index contributed by atoms with van der Waals surface area (Å²) in [5, 5.41) is 0.445. The zero-order chi connectivity index (χ0) is 18.7. The van der Waals surface area contributed by atoms with Crippen molar-refractivity contribution in [1.29, 1.82) is 0 Å². The summed E-state index contributed by atoms with van der Waals surface area (Å²) in [4.78, 5) is 0.0970. The molecule has 3 aromatic carbocycles. The molecule has 0 amide bonds. The van der Waals surface area contributed by atoms with Gasteiger partial charge in [0.05, 0.1) is 17.1 Å². The number of rotatable bonds is 5. The van der Waals surface area contributed by atoms with Gasteiger partial charge in [-0.1, -0.05) is 41.9 Å². The zero-order valence-electron chi connectivity index (χ0n) is 14.1. The van der Waals surface area contributed by atoms with Gasteiger partial charge in [0, 0.05) is 10.6 Å². The molecule has 0 atom stereocenters. The number of aryl methyl sites for hydroxylation is 1. The average Bonchev–Trinajstić information content (AvgIpc) is 2.61. The Bertz CT molecular complexity index is 1020. The molecular formula is C20H17ClFNO2S. The lowest BCUT2D eigenvalue weighted by Gasteiger charge is -2.25. The maximum Gasteiger partial charge on any atom is 0.264 e. The van der Waals surface area contributed by atoms with Crippen LogP contribution >= 0.6 is 11.6 Å². The quantitative estimate of drug-likeness (QED) is 0.602. The fraction of sp³-hybridized carbons (Fsp3) is 0.100. The van der Waals surface area contributed by atoms with Crippen LogP contribution in [0.25, 0.3) is 0 Å². The molecule has 0 unspecified atom stereocenters. The van der Waals surface area contributed by atoms with E-state index >= 15 is 0 Å². The first kappa shape index (κ1) is 18.4. The predicted octanol–water partition coefficient (Wildman–Crippen LogP) is 5.18. The third-order valence-corrected chi connectivity index (χ3v) is 6.00. The van der Waals surface area contributed by atoms with E-state index in [-0.39, 0.29) is 11.4 Å². The SMILES string of the molecule is Cc1cccc(N(Cc2ccccc2F)S(=O)(=O)c2ccc(Cl)cc2)c1. The number of hydrogen-bond donors (Lipinski definition) is 0. The lowest BCUT2D eigenvalue weighted by atomic mass is 10.2. The monoisotopic (exact) mass is 389 g/mol. The van der Waals surface area contributed by atoms with Crippen LogP contribution in [-0.2, 0) is 16.6 Å². The number of sulfonamides is 1. The molecule has 0 bridgehead atoms. The normalized spacial score (nSPS) is 11.3. The zero-order valence-corrected chi connectivity index (χ0v) is 15.6. The van der Waals surface area contributed by atoms with Gasteiger partial charge in [-0.3, -0.25) is 4.31 Å². The van der Waals surface area contributed by atoms with Gasteiger partial charge in [-0.15, -0.1) is 0 Å². The molecule has 0 radical (unpaired) electrons. The van der Waals surface area contributed by atoms with Gasteiger partial charge in [-0.05, 0) is 55.0 Å². The number of nitrogens with zero attached hydrogens (tertiary/aromatic N) is 1. The van der Waals surface area contributed by atoms with Gasteiger partial charge in [0.25, 0.3) is 10.0 Å². The summed E-state index contributed by atoms with van der Waals surface area (Å²) in [6.07, 6.45) is 0. The highest BCUT2D eigenvalue weighted by molar-refractivity contribution is 7.92. The molecule has 0 aliphatic rings. The maximum absolute atomic E-state index is 14.1. The van der Waals surface area contributed by atoms with Crippen LogP contribution in [0.1, 0.15) is 11.1 Å². The third kappa shape index (κ3) is 3.89. The third-order valence-electron chi connectivity index (χ3n) is 3.96. The lowest BCUT2D eigenvalue weighted by Crippen LogP contribution is -2.31. The van der Waals surface area contributed by atoms with E-state index < -0.39 is 15.8 Å². The fourth-order valence-corrected chi connectivity index (χ4v) is 4.17. The lowest BCUT2D eigenvalue weighted by molar-refractivity contribution is 0.585. The molecule has 6 heteroatoms. The van der Waals surface area contributed by atoms with Crippen LogP contribution in [-0.4, -0.2) is 8.42 Å². The first-order valence-electron chi connectivity index (χ1n) is 7.96. The summed E-state index contributed by atoms with van der Waals surface area (Å²) >= 11 is 5.87. The second kappa shape index (κ2) is 7.48. The largest absolute Gasteiger partial charge is 0.264 e. The van der Waals surface area contributed by atoms with Crippen molar-refractivity contribution < 1.29 is 12.8 Å². The van der Waals surface area contributed by atoms with E-state index in [1.165, 1.54) is 34.6 Å². The summed E-state index contributed by atoms with van der Waals surface area (Å²) in [5.74, 6) is -0.448. The van der Waals surface area contributed by atoms with Gasteiger partial charge < -0.3 is 0 Å². The van der Waals surface area contributed by atoms with Gasteiger partial charge >= 0.3 is 0 Å². The molecule has 0 aliphatic heterocycles. The molecule has 0 fully saturated rings. The van der Waals surface area contributed by atoms with Gasteiger partial charge in [0.1, 0.15) is 5.82 Å². The number of hydrogen-bond acceptors (Lipinski definition) is 2. The van der Waals surface area contributed by atoms with E-state index in [1.807, 2.05) is 13.0 Å². The highest BCUT2D eigenvalue weighted by Gasteiger charge is 2.26. The molecule has 0 heterocycles. The second-order valence-corrected chi connectivity index (χ2v) is 8.19. The van der Waals surface area contributed by atoms with Crippen molar-refractivity contribution in [2.75, 3.05) is 4.31 Å². The van der Waals surface area contributed by atoms with Crippen LogP contribution in [0.4, 0.5) is 10.1 Å². The van der Waals surface area contributed by atoms with E-state index in [0.29, 0.717) is 16.3 Å². The van der Waals surface area contributed by atoms with Crippen LogP contribution in [0.3, 0.4) is 0 Å². The second-order valence-electron chi connectivity index (χ2n) is 5.90. The molecule has 3 rings (SSSR count). The van der Waals surface area contributed by atoms with Crippen molar-refractivity contribution in [3.63, 3.8) is 0 Å². The highest BCUT2D eigenvalue weighted by atomic mass is 35.5. The van der Waals surface area contributed by atoms with Crippen LogP contribution in [0.15, 0.2) is 77.7 Å². The Balaban J connectivity index is 2.11. The number of benzene rings is 3. The Hall–Kier alpha value is -2.37. The first-order valence-corrected chi connectivity index (χ1v) is 9.78. The van der Waals surface area contributed by atoms with Gasteiger partial charge in [-0.25, -0.2) is 12.8 Å². The fourth-order valence-electron chi connectivity index (χ4n) is 2.61. The maximum atomic E-state index is 14.1. The Morgan fingerprint density at radius 2 is 1.65 bits per heavy atom. The van der Waals surface area contributed by atoms with Crippen LogP contribution in [0.2, 0.25) is 5.02 Å². The smallest absolute Gasteiger partial charge is 0.262 e. The van der Waals surface area contributed by atoms with Crippen LogP contribution in [0, 0.1) is 12.7 Å². The first-order chi connectivity index (χ1) is 12.4. The molecular weight excluding hydrogens is 373 g/mol. The van der Waals surface area contributed by atoms with Crippen molar-refractivity contribution in [1.82, 2.24) is 0 Å². The number of anilines is 1. The summed E-state index contributed by atoms with van der Waals surface area (Å²) in [6.45, 7) is 1.76. The molecule has 0 aliphatic carbocycles. The number of halogens is 2. The minimum atomic E-state index is -3.89. The van der Waals surface area contributed by atoms with Crippen molar-refractivity contribution in [3.05, 3.63) is 94.8 Å². The predicted molar refractivity (Wildman–Crippen MR) is 102 cm³/mol. The van der Waals surface area contributed by atoms with Gasteiger partial charge in [-0.2, -0.15) is 0 Å². The average molecular weight is 390 g/mol. The molecule has 0 saturated carbocycles. The molecule has 0 N–H and O–H groups in total. The molecule has 3 nitrogen and oxygen atoms in total. The van der Waals surface area contributed by atoms with Crippen molar-refractivity contribution in [2.24, 2.45) is 0 Å². The molecule has 0 saturated heterocycles. The molecule has 3 aromatic rings. The minimum absolute atomic E-state index is 0.0970. The van der Waals surface area contributed by atoms with Crippen molar-refractivity contribution in [3.8, 4) is 0 Å². The molecule has 26 heavy (non-hydrogen) atoms. The molecule has 0 aromatic heterocycles. The standard InChI is InChI=1S/C20H17ClFNO2S/c1-15-5-4-7-18(13-15)23(14-16-6-2-3-8-20(16)22)26(24,25)19-11-9-17(21)10-12-19/h2-13H,14H2,1H3. The van der Waals surface area contributed by atoms with Crippen molar-refractivity contribution >= 4 is 27.3 Å². The molecule has 0 spiro atoms. The summed E-state index contributed by atoms with van der Waals surface area (Å²) in [5.41, 5.74) is 1.68. The van der Waals surface area contributed by atoms with E-state index in [0.717, 1.165) is 5.56 Å². The van der Waals surface area contributed by atoms with Crippen LogP contribution < -0.4 is 4.31 Å². The summed E-state index contributed by atoms with van der Waals surface area (Å²) in [6, 6.07) is 19.2. The topological polar surface area (TPSA) is 37.4 Å². The Kier molecular flexibility index (Phi) is 5.30. The van der Waals surface area contributed by atoms with E-state index in [9.17, 15) is 12.8 Å². The van der Waals surface area contributed by atoms with Gasteiger partial charge in [0.15, 0.2) is 0 Å². The Labute approximate surface area is 157 Å². The van der Waals surface area contributed by atoms with Crippen LogP contribution in [0.5, 0.6) is 0 Å². The Morgan fingerprint density at radius 1 is 0.962 bits per heavy atom. The summed E-state index contributed by atoms with van der Waals surface area (Å²) < 4.78 is 41.8.